The molecule has 2 aromatic rings. The zero-order valence-corrected chi connectivity index (χ0v) is 22.4. The van der Waals surface area contributed by atoms with Crippen molar-refractivity contribution in [1.29, 1.82) is 0 Å². The van der Waals surface area contributed by atoms with Gasteiger partial charge in [0.1, 0.15) is 5.82 Å². The first-order chi connectivity index (χ1) is 19.2. The number of rotatable bonds is 5. The molecule has 224 valence electrons. The molecule has 0 bridgehead atoms. The second kappa shape index (κ2) is 11.2. The number of nitrogens with zero attached hydrogens (tertiary/aromatic N) is 1. The van der Waals surface area contributed by atoms with Crippen molar-refractivity contribution in [2.75, 3.05) is 32.9 Å². The van der Waals surface area contributed by atoms with Crippen molar-refractivity contribution in [2.45, 2.75) is 50.9 Å². The van der Waals surface area contributed by atoms with Crippen LogP contribution in [0.2, 0.25) is 0 Å². The number of carbonyl (C=O) groups is 1. The number of likely N-dealkylation sites (tertiary alicyclic amines) is 1. The van der Waals surface area contributed by atoms with Crippen LogP contribution in [0, 0.1) is 30.5 Å². The number of halogens is 7. The van der Waals surface area contributed by atoms with Crippen LogP contribution < -0.4 is 0 Å². The molecular formula is C29H30F7NO4. The fourth-order valence-electron chi connectivity index (χ4n) is 6.18. The molecule has 5 nitrogen and oxygen atoms in total. The van der Waals surface area contributed by atoms with Gasteiger partial charge in [0.25, 0.3) is 0 Å². The SMILES string of the molecule is Cc1cc(F)ccc1[C@H]1C2CN(C(=O)C3CCOC3)C[C@H]2CO[C@@H]1O[C@H](C)c1cc(C(F)(F)F)cc(C(F)(F)F)c1. The van der Waals surface area contributed by atoms with Crippen LogP contribution in [0.3, 0.4) is 0 Å². The van der Waals surface area contributed by atoms with Gasteiger partial charge in [0.05, 0.1) is 36.4 Å². The lowest BCUT2D eigenvalue weighted by Gasteiger charge is -2.41. The van der Waals surface area contributed by atoms with Crippen molar-refractivity contribution >= 4 is 5.91 Å². The van der Waals surface area contributed by atoms with E-state index < -0.39 is 47.6 Å². The Hall–Kier alpha value is -2.70. The molecule has 0 radical (unpaired) electrons. The van der Waals surface area contributed by atoms with E-state index >= 15 is 0 Å². The first-order valence-corrected chi connectivity index (χ1v) is 13.4. The number of ether oxygens (including phenoxy) is 3. The molecule has 5 rings (SSSR count). The maximum Gasteiger partial charge on any atom is 0.416 e. The number of amides is 1. The Labute approximate surface area is 232 Å². The van der Waals surface area contributed by atoms with E-state index in [-0.39, 0.29) is 41.9 Å². The van der Waals surface area contributed by atoms with Crippen LogP contribution >= 0.6 is 0 Å². The summed E-state index contributed by atoms with van der Waals surface area (Å²) in [5.41, 5.74) is -1.91. The number of alkyl halides is 6. The summed E-state index contributed by atoms with van der Waals surface area (Å²) in [5.74, 6) is -1.56. The van der Waals surface area contributed by atoms with Crippen LogP contribution in [0.25, 0.3) is 0 Å². The summed E-state index contributed by atoms with van der Waals surface area (Å²) in [6.45, 7) is 4.91. The monoisotopic (exact) mass is 589 g/mol. The van der Waals surface area contributed by atoms with Crippen LogP contribution in [0.5, 0.6) is 0 Å². The maximum atomic E-state index is 14.0. The van der Waals surface area contributed by atoms with Crippen LogP contribution in [0.1, 0.15) is 53.2 Å². The van der Waals surface area contributed by atoms with Gasteiger partial charge in [-0.15, -0.1) is 0 Å². The third-order valence-corrected chi connectivity index (χ3v) is 8.32. The number of hydrogen-bond donors (Lipinski definition) is 0. The molecule has 12 heteroatoms. The Morgan fingerprint density at radius 1 is 1.00 bits per heavy atom. The highest BCUT2D eigenvalue weighted by molar-refractivity contribution is 5.79. The molecule has 2 aromatic carbocycles. The largest absolute Gasteiger partial charge is 0.416 e. The van der Waals surface area contributed by atoms with Gasteiger partial charge in [0, 0.05) is 31.5 Å². The molecular weight excluding hydrogens is 559 g/mol. The Bertz CT molecular complexity index is 1240. The van der Waals surface area contributed by atoms with E-state index in [0.29, 0.717) is 56.0 Å². The molecule has 0 aromatic heterocycles. The maximum absolute atomic E-state index is 14.0. The lowest BCUT2D eigenvalue weighted by molar-refractivity contribution is -0.217. The highest BCUT2D eigenvalue weighted by Gasteiger charge is 2.49. The summed E-state index contributed by atoms with van der Waals surface area (Å²) in [6.07, 6.45) is -11.6. The zero-order valence-electron chi connectivity index (χ0n) is 22.4. The van der Waals surface area contributed by atoms with Gasteiger partial charge >= 0.3 is 12.4 Å². The number of carbonyl (C=O) groups excluding carboxylic acids is 1. The molecule has 2 unspecified atom stereocenters. The molecule has 1 amide bonds. The molecule has 6 atom stereocenters. The van der Waals surface area contributed by atoms with Gasteiger partial charge in [0.2, 0.25) is 5.91 Å². The highest BCUT2D eigenvalue weighted by Crippen LogP contribution is 2.46. The third kappa shape index (κ3) is 6.24. The molecule has 3 fully saturated rings. The summed E-state index contributed by atoms with van der Waals surface area (Å²) in [5, 5.41) is 0. The Kier molecular flexibility index (Phi) is 8.12. The summed E-state index contributed by atoms with van der Waals surface area (Å²) in [6, 6.07) is 5.57. The van der Waals surface area contributed by atoms with Crippen molar-refractivity contribution in [3.63, 3.8) is 0 Å². The second-order valence-electron chi connectivity index (χ2n) is 11.1. The smallest absolute Gasteiger partial charge is 0.381 e. The van der Waals surface area contributed by atoms with Gasteiger partial charge < -0.3 is 19.1 Å². The van der Waals surface area contributed by atoms with Crippen LogP contribution in [-0.2, 0) is 31.4 Å². The quantitative estimate of drug-likeness (QED) is 0.374. The first kappa shape index (κ1) is 29.8. The second-order valence-corrected chi connectivity index (χ2v) is 11.1. The number of aryl methyl sites for hydroxylation is 1. The van der Waals surface area contributed by atoms with E-state index in [2.05, 4.69) is 0 Å². The van der Waals surface area contributed by atoms with Crippen LogP contribution in [0.15, 0.2) is 36.4 Å². The molecule has 3 heterocycles. The Balaban J connectivity index is 1.45. The third-order valence-electron chi connectivity index (χ3n) is 8.32. The Morgan fingerprint density at radius 2 is 1.68 bits per heavy atom. The first-order valence-electron chi connectivity index (χ1n) is 13.4. The van der Waals surface area contributed by atoms with Crippen molar-refractivity contribution in [1.82, 2.24) is 4.90 Å². The van der Waals surface area contributed by atoms with Gasteiger partial charge in [-0.3, -0.25) is 4.79 Å². The average molecular weight is 590 g/mol. The molecule has 0 N–H and O–H groups in total. The van der Waals surface area contributed by atoms with Crippen molar-refractivity contribution in [2.24, 2.45) is 17.8 Å². The van der Waals surface area contributed by atoms with Crippen LogP contribution in [-0.4, -0.2) is 50.0 Å². The van der Waals surface area contributed by atoms with Gasteiger partial charge in [-0.05, 0) is 73.2 Å². The molecule has 41 heavy (non-hydrogen) atoms. The minimum absolute atomic E-state index is 0.0269. The zero-order chi connectivity index (χ0) is 29.7. The van der Waals surface area contributed by atoms with Gasteiger partial charge in [0.15, 0.2) is 6.29 Å². The highest BCUT2D eigenvalue weighted by atomic mass is 19.4. The molecule has 3 aliphatic heterocycles. The van der Waals surface area contributed by atoms with E-state index in [9.17, 15) is 35.5 Å². The molecule has 0 saturated carbocycles. The van der Waals surface area contributed by atoms with Crippen LogP contribution in [0.4, 0.5) is 30.7 Å². The van der Waals surface area contributed by atoms with Crippen molar-refractivity contribution < 1.29 is 49.7 Å². The van der Waals surface area contributed by atoms with Gasteiger partial charge in [-0.25, -0.2) is 4.39 Å². The van der Waals surface area contributed by atoms with Gasteiger partial charge in [-0.1, -0.05) is 6.07 Å². The summed E-state index contributed by atoms with van der Waals surface area (Å²) < 4.78 is 112. The average Bonchev–Trinajstić information content (AvgIpc) is 3.58. The van der Waals surface area contributed by atoms with E-state index in [1.54, 1.807) is 17.9 Å². The minimum atomic E-state index is -5.00. The number of fused-ring (bicyclic) bond motifs is 1. The minimum Gasteiger partial charge on any atom is -0.381 e. The predicted octanol–water partition coefficient (Wildman–Crippen LogP) is 6.50. The summed E-state index contributed by atoms with van der Waals surface area (Å²) in [7, 11) is 0. The normalized spacial score (nSPS) is 27.6. The lowest BCUT2D eigenvalue weighted by atomic mass is 9.76. The predicted molar refractivity (Wildman–Crippen MR) is 132 cm³/mol. The van der Waals surface area contributed by atoms with Crippen molar-refractivity contribution in [3.8, 4) is 0 Å². The van der Waals surface area contributed by atoms with Gasteiger partial charge in [-0.2, -0.15) is 26.3 Å². The fourth-order valence-corrected chi connectivity index (χ4v) is 6.18. The molecule has 3 saturated heterocycles. The summed E-state index contributed by atoms with van der Waals surface area (Å²) >= 11 is 0. The fraction of sp³-hybridized carbons (Fsp3) is 0.552. The number of benzene rings is 2. The number of hydrogen-bond acceptors (Lipinski definition) is 4. The van der Waals surface area contributed by atoms with E-state index in [4.69, 9.17) is 14.2 Å². The van der Waals surface area contributed by atoms with Crippen molar-refractivity contribution in [3.05, 3.63) is 70.0 Å². The molecule has 3 aliphatic rings. The standard InChI is InChI=1S/C29H30F7NO4/c1-15-7-22(30)3-4-23(15)25-24-12-37(26(38)17-5-6-39-13-17)11-19(24)14-40-27(25)41-16(2)18-8-20(28(31,32)33)10-21(9-18)29(34,35)36/h3-4,7-10,16-17,19,24-25,27H,5-6,11-14H2,1-2H3/t16-,17?,19+,24?,25+,27-/m1/s1. The Morgan fingerprint density at radius 3 is 2.27 bits per heavy atom. The van der Waals surface area contributed by atoms with E-state index in [1.807, 2.05) is 0 Å². The van der Waals surface area contributed by atoms with E-state index in [0.717, 1.165) is 0 Å². The topological polar surface area (TPSA) is 48.0 Å². The molecule has 0 spiro atoms. The molecule has 0 aliphatic carbocycles. The van der Waals surface area contributed by atoms with E-state index in [1.165, 1.54) is 19.1 Å². The summed E-state index contributed by atoms with van der Waals surface area (Å²) in [4.78, 5) is 14.9. The lowest BCUT2D eigenvalue weighted by Crippen LogP contribution is -2.42.